The second-order valence-corrected chi connectivity index (χ2v) is 13.7. The average molecular weight is 455 g/mol. The molecule has 0 unspecified atom stereocenters. The van der Waals surface area contributed by atoms with Crippen LogP contribution in [0.15, 0.2) is 115 Å². The lowest BCUT2D eigenvalue weighted by Crippen LogP contribution is -2.72. The molecular formula is C31H22SSi. The molecule has 7 rings (SSSR count). The van der Waals surface area contributed by atoms with Crippen molar-refractivity contribution in [1.29, 1.82) is 0 Å². The van der Waals surface area contributed by atoms with Gasteiger partial charge in [-0.3, -0.25) is 0 Å². The fourth-order valence-electron chi connectivity index (χ4n) is 5.97. The molecule has 6 aromatic rings. The van der Waals surface area contributed by atoms with E-state index in [9.17, 15) is 0 Å². The highest BCUT2D eigenvalue weighted by atomic mass is 32.1. The molecule has 1 aliphatic heterocycles. The van der Waals surface area contributed by atoms with E-state index in [2.05, 4.69) is 122 Å². The van der Waals surface area contributed by atoms with Gasteiger partial charge < -0.3 is 0 Å². The molecule has 0 aliphatic carbocycles. The van der Waals surface area contributed by atoms with Crippen molar-refractivity contribution >= 4 is 60.3 Å². The Balaban J connectivity index is 1.77. The molecule has 0 radical (unpaired) electrons. The summed E-state index contributed by atoms with van der Waals surface area (Å²) in [6.45, 7) is 2.24. The van der Waals surface area contributed by atoms with Crippen molar-refractivity contribution in [3.63, 3.8) is 0 Å². The zero-order valence-corrected chi connectivity index (χ0v) is 20.2. The minimum atomic E-state index is -2.48. The van der Waals surface area contributed by atoms with Crippen LogP contribution in [0.2, 0.25) is 0 Å². The van der Waals surface area contributed by atoms with E-state index >= 15 is 0 Å². The monoisotopic (exact) mass is 454 g/mol. The largest absolute Gasteiger partial charge is 0.181 e. The predicted octanol–water partition coefficient (Wildman–Crippen LogP) is 5.72. The Kier molecular flexibility index (Phi) is 4.05. The Morgan fingerprint density at radius 3 is 1.97 bits per heavy atom. The quantitative estimate of drug-likeness (QED) is 0.293. The Labute approximate surface area is 198 Å². The van der Waals surface area contributed by atoms with Gasteiger partial charge in [0.25, 0.3) is 0 Å². The molecule has 0 N–H and O–H groups in total. The summed E-state index contributed by atoms with van der Waals surface area (Å²) in [5, 5.41) is 8.87. The van der Waals surface area contributed by atoms with Crippen molar-refractivity contribution in [3.05, 3.63) is 121 Å². The van der Waals surface area contributed by atoms with E-state index in [4.69, 9.17) is 0 Å². The number of benzene rings is 5. The summed E-state index contributed by atoms with van der Waals surface area (Å²) in [5.74, 6) is 0. The number of fused-ring (bicyclic) bond motifs is 7. The van der Waals surface area contributed by atoms with E-state index in [-0.39, 0.29) is 0 Å². The SMILES string of the molecule is Cc1cccc2c1sc1ccc3c(c12)[Si](c1ccccc1)(c1ccccc1)c1ccccc1-3. The minimum absolute atomic E-state index is 1.37. The van der Waals surface area contributed by atoms with Crippen LogP contribution in [-0.2, 0) is 0 Å². The molecule has 0 amide bonds. The highest BCUT2D eigenvalue weighted by molar-refractivity contribution is 7.28. The first-order valence-corrected chi connectivity index (χ1v) is 14.3. The van der Waals surface area contributed by atoms with Gasteiger partial charge in [-0.25, -0.2) is 0 Å². The summed E-state index contributed by atoms with van der Waals surface area (Å²) in [4.78, 5) is 0. The van der Waals surface area contributed by atoms with E-state index in [0.717, 1.165) is 0 Å². The molecule has 0 fully saturated rings. The van der Waals surface area contributed by atoms with Gasteiger partial charge in [-0.05, 0) is 50.4 Å². The Hall–Kier alpha value is -3.46. The molecule has 0 spiro atoms. The molecule has 33 heavy (non-hydrogen) atoms. The molecule has 0 nitrogen and oxygen atoms in total. The molecule has 2 heterocycles. The van der Waals surface area contributed by atoms with Gasteiger partial charge in [0.05, 0.1) is 0 Å². The Morgan fingerprint density at radius 2 is 1.24 bits per heavy atom. The van der Waals surface area contributed by atoms with Crippen LogP contribution in [0.5, 0.6) is 0 Å². The van der Waals surface area contributed by atoms with Crippen LogP contribution in [0.1, 0.15) is 5.56 Å². The molecule has 1 aromatic heterocycles. The number of aryl methyl sites for hydroxylation is 1. The molecule has 0 saturated carbocycles. The highest BCUT2D eigenvalue weighted by Crippen LogP contribution is 2.40. The second-order valence-electron chi connectivity index (χ2n) is 8.94. The minimum Gasteiger partial charge on any atom is -0.135 e. The van der Waals surface area contributed by atoms with Gasteiger partial charge in [-0.2, -0.15) is 0 Å². The molecule has 0 saturated heterocycles. The molecule has 5 aromatic carbocycles. The number of hydrogen-bond donors (Lipinski definition) is 0. The third-order valence-electron chi connectivity index (χ3n) is 7.27. The van der Waals surface area contributed by atoms with Crippen LogP contribution < -0.4 is 20.7 Å². The molecule has 156 valence electrons. The first-order chi connectivity index (χ1) is 16.3. The second kappa shape index (κ2) is 7.02. The standard InChI is InChI=1S/C31H22SSi/c1-21-11-10-17-26-29-27(32-30(21)26)20-19-25-24-16-8-9-18-28(24)33(31(25)29,22-12-4-2-5-13-22)23-14-6-3-7-15-23/h2-20H,1H3. The Morgan fingerprint density at radius 1 is 0.576 bits per heavy atom. The van der Waals surface area contributed by atoms with Gasteiger partial charge in [-0.1, -0.05) is 109 Å². The maximum absolute atomic E-state index is 2.48. The van der Waals surface area contributed by atoms with Crippen LogP contribution >= 0.6 is 11.3 Å². The zero-order chi connectivity index (χ0) is 22.0. The van der Waals surface area contributed by atoms with Crippen molar-refractivity contribution in [2.45, 2.75) is 6.92 Å². The van der Waals surface area contributed by atoms with E-state index in [1.54, 1.807) is 5.19 Å². The Bertz CT molecular complexity index is 1620. The van der Waals surface area contributed by atoms with Crippen LogP contribution in [0, 0.1) is 6.92 Å². The topological polar surface area (TPSA) is 0 Å². The van der Waals surface area contributed by atoms with Gasteiger partial charge in [-0.15, -0.1) is 11.3 Å². The summed E-state index contributed by atoms with van der Waals surface area (Å²) >= 11 is 1.95. The average Bonchev–Trinajstić information content (AvgIpc) is 3.40. The molecule has 0 atom stereocenters. The van der Waals surface area contributed by atoms with Gasteiger partial charge in [0.2, 0.25) is 0 Å². The zero-order valence-electron chi connectivity index (χ0n) is 18.4. The fraction of sp³-hybridized carbons (Fsp3) is 0.0323. The van der Waals surface area contributed by atoms with E-state index < -0.39 is 8.07 Å². The first kappa shape index (κ1) is 19.0. The molecule has 1 aliphatic rings. The lowest BCUT2D eigenvalue weighted by Gasteiger charge is -2.32. The summed E-state index contributed by atoms with van der Waals surface area (Å²) in [7, 11) is -2.48. The van der Waals surface area contributed by atoms with Gasteiger partial charge in [0, 0.05) is 20.2 Å². The van der Waals surface area contributed by atoms with E-state index in [0.29, 0.717) is 0 Å². The van der Waals surface area contributed by atoms with Crippen LogP contribution in [0.4, 0.5) is 0 Å². The lowest BCUT2D eigenvalue weighted by molar-refractivity contribution is 1.56. The smallest absolute Gasteiger partial charge is 0.135 e. The lowest BCUT2D eigenvalue weighted by atomic mass is 10.0. The summed E-state index contributed by atoms with van der Waals surface area (Å²) in [5.41, 5.74) is 4.18. The van der Waals surface area contributed by atoms with Gasteiger partial charge in [0.15, 0.2) is 8.07 Å². The molecule has 2 heteroatoms. The fourth-order valence-corrected chi connectivity index (χ4v) is 12.7. The summed E-state index contributed by atoms with van der Waals surface area (Å²) in [6, 6.07) is 43.3. The predicted molar refractivity (Wildman–Crippen MR) is 147 cm³/mol. The van der Waals surface area contributed by atoms with Crippen LogP contribution in [-0.4, -0.2) is 8.07 Å². The van der Waals surface area contributed by atoms with E-state index in [1.165, 1.54) is 52.4 Å². The third-order valence-corrected chi connectivity index (χ3v) is 13.5. The van der Waals surface area contributed by atoms with Crippen molar-refractivity contribution in [1.82, 2.24) is 0 Å². The van der Waals surface area contributed by atoms with Gasteiger partial charge >= 0.3 is 0 Å². The molecular weight excluding hydrogens is 432 g/mol. The maximum Gasteiger partial charge on any atom is 0.181 e. The third kappa shape index (κ3) is 2.45. The number of thiophene rings is 1. The highest BCUT2D eigenvalue weighted by Gasteiger charge is 2.49. The van der Waals surface area contributed by atoms with Gasteiger partial charge in [0.1, 0.15) is 0 Å². The maximum atomic E-state index is 2.40. The number of hydrogen-bond acceptors (Lipinski definition) is 1. The normalized spacial score (nSPS) is 13.8. The van der Waals surface area contributed by atoms with Crippen molar-refractivity contribution in [2.75, 3.05) is 0 Å². The summed E-state index contributed by atoms with van der Waals surface area (Å²) < 4.78 is 2.82. The van der Waals surface area contributed by atoms with Crippen molar-refractivity contribution < 1.29 is 0 Å². The molecule has 0 bridgehead atoms. The van der Waals surface area contributed by atoms with Crippen LogP contribution in [0.25, 0.3) is 31.3 Å². The van der Waals surface area contributed by atoms with E-state index in [1.807, 2.05) is 11.3 Å². The van der Waals surface area contributed by atoms with Crippen molar-refractivity contribution in [3.8, 4) is 11.1 Å². The summed E-state index contributed by atoms with van der Waals surface area (Å²) in [6.07, 6.45) is 0. The van der Waals surface area contributed by atoms with Crippen LogP contribution in [0.3, 0.4) is 0 Å². The first-order valence-electron chi connectivity index (χ1n) is 11.5. The van der Waals surface area contributed by atoms with Crippen molar-refractivity contribution in [2.24, 2.45) is 0 Å². The number of rotatable bonds is 2.